The quantitative estimate of drug-likeness (QED) is 0.884. The second kappa shape index (κ2) is 6.22. The topological polar surface area (TPSA) is 34.1 Å². The fourth-order valence-electron chi connectivity index (χ4n) is 2.07. The van der Waals surface area contributed by atoms with E-state index < -0.39 is 0 Å². The van der Waals surface area contributed by atoms with Crippen molar-refractivity contribution in [3.63, 3.8) is 0 Å². The molecule has 110 valence electrons. The van der Waals surface area contributed by atoms with Crippen molar-refractivity contribution in [3.05, 3.63) is 59.2 Å². The van der Waals surface area contributed by atoms with E-state index in [1.165, 1.54) is 18.9 Å². The van der Waals surface area contributed by atoms with Gasteiger partial charge in [0.05, 0.1) is 11.4 Å². The van der Waals surface area contributed by atoms with Gasteiger partial charge < -0.3 is 10.1 Å². The largest absolute Gasteiger partial charge is 0.487 e. The first-order valence-electron chi connectivity index (χ1n) is 7.28. The number of benzene rings is 1. The molecule has 1 aromatic carbocycles. The Hall–Kier alpha value is -1.94. The number of nitrogens with one attached hydrogen (secondary N) is 1. The number of halogens is 1. The minimum Gasteiger partial charge on any atom is -0.487 e. The smallest absolute Gasteiger partial charge is 0.130 e. The fourth-order valence-corrected chi connectivity index (χ4v) is 2.07. The lowest BCUT2D eigenvalue weighted by atomic mass is 10.2. The van der Waals surface area contributed by atoms with E-state index in [4.69, 9.17) is 4.74 Å². The summed E-state index contributed by atoms with van der Waals surface area (Å²) in [5.41, 5.74) is 2.48. The predicted molar refractivity (Wildman–Crippen MR) is 79.6 cm³/mol. The summed E-state index contributed by atoms with van der Waals surface area (Å²) in [6.07, 6.45) is 2.53. The first-order valence-corrected chi connectivity index (χ1v) is 7.28. The van der Waals surface area contributed by atoms with Crippen molar-refractivity contribution in [2.24, 2.45) is 0 Å². The SMILES string of the molecule is Cc1ccc(OCc2cccc(CNC3CC3)n2)cc1F. The molecule has 0 atom stereocenters. The lowest BCUT2D eigenvalue weighted by Crippen LogP contribution is -2.16. The van der Waals surface area contributed by atoms with Crippen molar-refractivity contribution in [1.29, 1.82) is 0 Å². The minimum absolute atomic E-state index is 0.247. The molecule has 0 aliphatic heterocycles. The Morgan fingerprint density at radius 2 is 2.05 bits per heavy atom. The standard InChI is InChI=1S/C17H19FN2O/c1-12-5-8-16(9-17(12)18)21-11-15-4-2-3-14(20-15)10-19-13-6-7-13/h2-5,8-9,13,19H,6-7,10-11H2,1H3. The lowest BCUT2D eigenvalue weighted by Gasteiger charge is -2.08. The average Bonchev–Trinajstić information content (AvgIpc) is 3.31. The van der Waals surface area contributed by atoms with Gasteiger partial charge >= 0.3 is 0 Å². The van der Waals surface area contributed by atoms with E-state index >= 15 is 0 Å². The van der Waals surface area contributed by atoms with Crippen LogP contribution in [-0.2, 0) is 13.2 Å². The number of ether oxygens (including phenoxy) is 1. The maximum atomic E-state index is 13.4. The average molecular weight is 286 g/mol. The van der Waals surface area contributed by atoms with Crippen molar-refractivity contribution in [3.8, 4) is 5.75 Å². The summed E-state index contributed by atoms with van der Waals surface area (Å²) in [6, 6.07) is 11.5. The van der Waals surface area contributed by atoms with Gasteiger partial charge in [0.15, 0.2) is 0 Å². The van der Waals surface area contributed by atoms with E-state index in [2.05, 4.69) is 10.3 Å². The van der Waals surface area contributed by atoms with Crippen LogP contribution in [0.15, 0.2) is 36.4 Å². The second-order valence-electron chi connectivity index (χ2n) is 5.48. The summed E-state index contributed by atoms with van der Waals surface area (Å²) in [5.74, 6) is 0.282. The van der Waals surface area contributed by atoms with Crippen molar-refractivity contribution < 1.29 is 9.13 Å². The molecule has 0 radical (unpaired) electrons. The molecule has 4 heteroatoms. The number of pyridine rings is 1. The van der Waals surface area contributed by atoms with Gasteiger partial charge in [-0.1, -0.05) is 12.1 Å². The number of rotatable bonds is 6. The second-order valence-corrected chi connectivity index (χ2v) is 5.48. The fraction of sp³-hybridized carbons (Fsp3) is 0.353. The number of nitrogens with zero attached hydrogens (tertiary/aromatic N) is 1. The van der Waals surface area contributed by atoms with Gasteiger partial charge in [-0.05, 0) is 43.5 Å². The summed E-state index contributed by atoms with van der Waals surface area (Å²) in [6.45, 7) is 2.87. The summed E-state index contributed by atoms with van der Waals surface area (Å²) < 4.78 is 19.0. The predicted octanol–water partition coefficient (Wildman–Crippen LogP) is 3.36. The third-order valence-electron chi connectivity index (χ3n) is 3.54. The maximum Gasteiger partial charge on any atom is 0.130 e. The van der Waals surface area contributed by atoms with Crippen molar-refractivity contribution >= 4 is 0 Å². The first-order chi connectivity index (χ1) is 10.2. The van der Waals surface area contributed by atoms with Crippen LogP contribution in [0.25, 0.3) is 0 Å². The van der Waals surface area contributed by atoms with Crippen LogP contribution in [0, 0.1) is 12.7 Å². The molecule has 1 aliphatic carbocycles. The zero-order valence-corrected chi connectivity index (χ0v) is 12.1. The first kappa shape index (κ1) is 14.0. The van der Waals surface area contributed by atoms with Crippen LogP contribution in [0.2, 0.25) is 0 Å². The Morgan fingerprint density at radius 1 is 1.24 bits per heavy atom. The molecule has 1 saturated carbocycles. The molecule has 0 amide bonds. The zero-order valence-electron chi connectivity index (χ0n) is 12.1. The van der Waals surface area contributed by atoms with Crippen LogP contribution in [0.4, 0.5) is 4.39 Å². The molecule has 0 spiro atoms. The highest BCUT2D eigenvalue weighted by Gasteiger charge is 2.20. The van der Waals surface area contributed by atoms with Crippen LogP contribution < -0.4 is 10.1 Å². The van der Waals surface area contributed by atoms with E-state index in [-0.39, 0.29) is 5.82 Å². The number of hydrogen-bond donors (Lipinski definition) is 1. The van der Waals surface area contributed by atoms with E-state index in [0.29, 0.717) is 24.0 Å². The molecule has 0 bridgehead atoms. The van der Waals surface area contributed by atoms with Gasteiger partial charge in [-0.2, -0.15) is 0 Å². The van der Waals surface area contributed by atoms with Crippen LogP contribution >= 0.6 is 0 Å². The summed E-state index contributed by atoms with van der Waals surface area (Å²) in [7, 11) is 0. The minimum atomic E-state index is -0.247. The highest BCUT2D eigenvalue weighted by Crippen LogP contribution is 2.19. The van der Waals surface area contributed by atoms with Gasteiger partial charge in [0.2, 0.25) is 0 Å². The molecule has 3 rings (SSSR count). The number of aryl methyl sites for hydroxylation is 1. The molecule has 3 nitrogen and oxygen atoms in total. The number of aromatic nitrogens is 1. The zero-order chi connectivity index (χ0) is 14.7. The summed E-state index contributed by atoms with van der Waals surface area (Å²) >= 11 is 0. The normalized spacial score (nSPS) is 14.2. The summed E-state index contributed by atoms with van der Waals surface area (Å²) in [5, 5.41) is 3.43. The Labute approximate surface area is 124 Å². The molecule has 1 heterocycles. The van der Waals surface area contributed by atoms with Crippen LogP contribution in [0.3, 0.4) is 0 Å². The third-order valence-corrected chi connectivity index (χ3v) is 3.54. The van der Waals surface area contributed by atoms with E-state index in [9.17, 15) is 4.39 Å². The van der Waals surface area contributed by atoms with E-state index in [1.54, 1.807) is 19.1 Å². The molecular formula is C17H19FN2O. The molecule has 1 aromatic heterocycles. The van der Waals surface area contributed by atoms with Gasteiger partial charge in [-0.25, -0.2) is 4.39 Å². The number of hydrogen-bond acceptors (Lipinski definition) is 3. The molecule has 21 heavy (non-hydrogen) atoms. The lowest BCUT2D eigenvalue weighted by molar-refractivity contribution is 0.299. The Bertz CT molecular complexity index is 626. The molecule has 0 unspecified atom stereocenters. The van der Waals surface area contributed by atoms with Crippen molar-refractivity contribution in [1.82, 2.24) is 10.3 Å². The van der Waals surface area contributed by atoms with Crippen LogP contribution in [0.5, 0.6) is 5.75 Å². The van der Waals surface area contributed by atoms with Gasteiger partial charge in [-0.3, -0.25) is 4.98 Å². The highest BCUT2D eigenvalue weighted by molar-refractivity contribution is 5.28. The maximum absolute atomic E-state index is 13.4. The Morgan fingerprint density at radius 3 is 2.81 bits per heavy atom. The van der Waals surface area contributed by atoms with Gasteiger partial charge in [0, 0.05) is 18.7 Å². The third kappa shape index (κ3) is 4.02. The van der Waals surface area contributed by atoms with Crippen molar-refractivity contribution in [2.75, 3.05) is 0 Å². The van der Waals surface area contributed by atoms with Crippen LogP contribution in [0.1, 0.15) is 29.8 Å². The molecule has 1 aliphatic rings. The van der Waals surface area contributed by atoms with Crippen molar-refractivity contribution in [2.45, 2.75) is 39.0 Å². The van der Waals surface area contributed by atoms with Gasteiger partial charge in [-0.15, -0.1) is 0 Å². The van der Waals surface area contributed by atoms with E-state index in [1.807, 2.05) is 18.2 Å². The van der Waals surface area contributed by atoms with Gasteiger partial charge in [0.1, 0.15) is 18.2 Å². The van der Waals surface area contributed by atoms with E-state index in [0.717, 1.165) is 17.9 Å². The molecule has 2 aromatic rings. The monoisotopic (exact) mass is 286 g/mol. The summed E-state index contributed by atoms with van der Waals surface area (Å²) in [4.78, 5) is 4.55. The van der Waals surface area contributed by atoms with Gasteiger partial charge in [0.25, 0.3) is 0 Å². The Balaban J connectivity index is 1.58. The van der Waals surface area contributed by atoms with Crippen LogP contribution in [-0.4, -0.2) is 11.0 Å². The molecular weight excluding hydrogens is 267 g/mol. The Kier molecular flexibility index (Phi) is 4.15. The molecule has 1 fully saturated rings. The molecule has 1 N–H and O–H groups in total. The highest BCUT2D eigenvalue weighted by atomic mass is 19.1. The molecule has 0 saturated heterocycles.